The molecular weight excluding hydrogens is 470 g/mol. The average Bonchev–Trinajstić information content (AvgIpc) is 2.90. The summed E-state index contributed by atoms with van der Waals surface area (Å²) in [6.07, 6.45) is 1.83. The molecule has 8 heteroatoms. The summed E-state index contributed by atoms with van der Waals surface area (Å²) < 4.78 is 0. The number of anilines is 1. The highest BCUT2D eigenvalue weighted by atomic mass is 16.4. The van der Waals surface area contributed by atoms with Crippen molar-refractivity contribution >= 4 is 17.6 Å². The lowest BCUT2D eigenvalue weighted by molar-refractivity contribution is -0.139. The number of carboxylic acids is 1. The first-order valence-electron chi connectivity index (χ1n) is 11.7. The standard InChI is InChI=1S/C29H27N3O5/c33-25-12-6-20(7-13-25)17-27(29(36)37)31-28(35)22-8-4-21(5-9-22)18-32(19-23-3-1-2-16-30-23)24-10-14-26(34)15-11-24/h1-16,27,33-34H,17-19H2,(H,31,35)(H,36,37). The summed E-state index contributed by atoms with van der Waals surface area (Å²) in [5, 5.41) is 31.3. The number of benzene rings is 3. The Morgan fingerprint density at radius 3 is 2.00 bits per heavy atom. The van der Waals surface area contributed by atoms with Gasteiger partial charge >= 0.3 is 5.97 Å². The van der Waals surface area contributed by atoms with Gasteiger partial charge in [0.25, 0.3) is 5.91 Å². The monoisotopic (exact) mass is 497 g/mol. The number of aromatic nitrogens is 1. The highest BCUT2D eigenvalue weighted by Crippen LogP contribution is 2.23. The molecule has 0 fully saturated rings. The maximum atomic E-state index is 12.8. The van der Waals surface area contributed by atoms with Crippen LogP contribution in [0.5, 0.6) is 11.5 Å². The molecule has 0 aliphatic heterocycles. The molecular formula is C29H27N3O5. The quantitative estimate of drug-likeness (QED) is 0.260. The van der Waals surface area contributed by atoms with E-state index in [0.29, 0.717) is 24.2 Å². The Labute approximate surface area is 214 Å². The number of phenols is 2. The first-order chi connectivity index (χ1) is 17.9. The van der Waals surface area contributed by atoms with Crippen molar-refractivity contribution in [2.45, 2.75) is 25.6 Å². The van der Waals surface area contributed by atoms with Gasteiger partial charge in [-0.15, -0.1) is 0 Å². The van der Waals surface area contributed by atoms with Gasteiger partial charge in [0.15, 0.2) is 0 Å². The number of carboxylic acid groups (broad SMARTS) is 1. The van der Waals surface area contributed by atoms with Crippen molar-refractivity contribution in [2.24, 2.45) is 0 Å². The fourth-order valence-corrected chi connectivity index (χ4v) is 3.88. The number of amides is 1. The Morgan fingerprint density at radius 2 is 1.41 bits per heavy atom. The molecule has 1 unspecified atom stereocenters. The molecule has 4 aromatic rings. The van der Waals surface area contributed by atoms with E-state index in [1.807, 2.05) is 42.5 Å². The molecule has 188 valence electrons. The van der Waals surface area contributed by atoms with Crippen LogP contribution in [0.1, 0.15) is 27.2 Å². The van der Waals surface area contributed by atoms with Crippen molar-refractivity contribution in [3.05, 3.63) is 120 Å². The van der Waals surface area contributed by atoms with E-state index >= 15 is 0 Å². The third-order valence-electron chi connectivity index (χ3n) is 5.86. The first-order valence-corrected chi connectivity index (χ1v) is 11.7. The number of phenolic OH excluding ortho intramolecular Hbond substituents is 2. The second-order valence-electron chi connectivity index (χ2n) is 8.63. The summed E-state index contributed by atoms with van der Waals surface area (Å²) in [6.45, 7) is 1.08. The Hall–Kier alpha value is -4.85. The third-order valence-corrected chi connectivity index (χ3v) is 5.86. The summed E-state index contributed by atoms with van der Waals surface area (Å²) in [7, 11) is 0. The van der Waals surface area contributed by atoms with Gasteiger partial charge in [0, 0.05) is 30.4 Å². The Kier molecular flexibility index (Phi) is 8.00. The fraction of sp³-hybridized carbons (Fsp3) is 0.138. The van der Waals surface area contributed by atoms with Crippen molar-refractivity contribution in [1.29, 1.82) is 0 Å². The van der Waals surface area contributed by atoms with Crippen molar-refractivity contribution < 1.29 is 24.9 Å². The number of hydrogen-bond acceptors (Lipinski definition) is 6. The summed E-state index contributed by atoms with van der Waals surface area (Å²) in [5.74, 6) is -1.36. The molecule has 3 aromatic carbocycles. The number of nitrogens with zero attached hydrogens (tertiary/aromatic N) is 2. The smallest absolute Gasteiger partial charge is 0.326 e. The van der Waals surface area contributed by atoms with Crippen LogP contribution >= 0.6 is 0 Å². The van der Waals surface area contributed by atoms with Crippen LogP contribution in [0, 0.1) is 0 Å². The molecule has 37 heavy (non-hydrogen) atoms. The zero-order chi connectivity index (χ0) is 26.2. The van der Waals surface area contributed by atoms with Gasteiger partial charge in [-0.05, 0) is 71.8 Å². The summed E-state index contributed by atoms with van der Waals surface area (Å²) in [4.78, 5) is 31.0. The molecule has 4 rings (SSSR count). The molecule has 0 spiro atoms. The highest BCUT2D eigenvalue weighted by molar-refractivity contribution is 5.96. The van der Waals surface area contributed by atoms with E-state index in [1.54, 1.807) is 42.6 Å². The van der Waals surface area contributed by atoms with Crippen molar-refractivity contribution in [2.75, 3.05) is 4.90 Å². The van der Waals surface area contributed by atoms with E-state index < -0.39 is 17.9 Å². The normalized spacial score (nSPS) is 11.5. The molecule has 0 saturated heterocycles. The number of aromatic hydroxyl groups is 2. The third kappa shape index (κ3) is 7.08. The predicted molar refractivity (Wildman–Crippen MR) is 139 cm³/mol. The lowest BCUT2D eigenvalue weighted by Crippen LogP contribution is -2.42. The van der Waals surface area contributed by atoms with Crippen LogP contribution in [0.25, 0.3) is 0 Å². The van der Waals surface area contributed by atoms with E-state index in [0.717, 1.165) is 16.9 Å². The SMILES string of the molecule is O=C(NC(Cc1ccc(O)cc1)C(=O)O)c1ccc(CN(Cc2ccccn2)c2ccc(O)cc2)cc1. The molecule has 0 saturated carbocycles. The van der Waals surface area contributed by atoms with Crippen LogP contribution < -0.4 is 10.2 Å². The molecule has 1 heterocycles. The fourth-order valence-electron chi connectivity index (χ4n) is 3.88. The number of rotatable bonds is 10. The van der Waals surface area contributed by atoms with Crippen LogP contribution in [0.4, 0.5) is 5.69 Å². The number of carbonyl (C=O) groups is 2. The zero-order valence-electron chi connectivity index (χ0n) is 20.0. The molecule has 1 aromatic heterocycles. The maximum Gasteiger partial charge on any atom is 0.326 e. The van der Waals surface area contributed by atoms with Gasteiger partial charge in [0.1, 0.15) is 17.5 Å². The van der Waals surface area contributed by atoms with E-state index in [4.69, 9.17) is 0 Å². The number of hydrogen-bond donors (Lipinski definition) is 4. The van der Waals surface area contributed by atoms with Crippen LogP contribution in [-0.4, -0.2) is 38.2 Å². The lowest BCUT2D eigenvalue weighted by atomic mass is 10.0. The zero-order valence-corrected chi connectivity index (χ0v) is 20.0. The minimum Gasteiger partial charge on any atom is -0.508 e. The molecule has 0 aliphatic carbocycles. The van der Waals surface area contributed by atoms with Crippen LogP contribution in [0.2, 0.25) is 0 Å². The highest BCUT2D eigenvalue weighted by Gasteiger charge is 2.21. The number of aliphatic carboxylic acids is 1. The van der Waals surface area contributed by atoms with Gasteiger partial charge in [-0.1, -0.05) is 30.3 Å². The van der Waals surface area contributed by atoms with Gasteiger partial charge in [0.05, 0.1) is 12.2 Å². The van der Waals surface area contributed by atoms with Crippen molar-refractivity contribution in [3.8, 4) is 11.5 Å². The van der Waals surface area contributed by atoms with Gasteiger partial charge in [0.2, 0.25) is 0 Å². The summed E-state index contributed by atoms with van der Waals surface area (Å²) in [5.41, 5.74) is 3.77. The molecule has 0 radical (unpaired) electrons. The van der Waals surface area contributed by atoms with Gasteiger partial charge in [-0.2, -0.15) is 0 Å². The summed E-state index contributed by atoms with van der Waals surface area (Å²) >= 11 is 0. The number of carbonyl (C=O) groups excluding carboxylic acids is 1. The topological polar surface area (TPSA) is 123 Å². The van der Waals surface area contributed by atoms with E-state index in [1.165, 1.54) is 12.1 Å². The second kappa shape index (κ2) is 11.7. The molecule has 1 atom stereocenters. The average molecular weight is 498 g/mol. The summed E-state index contributed by atoms with van der Waals surface area (Å²) in [6, 6.07) is 24.7. The largest absolute Gasteiger partial charge is 0.508 e. The van der Waals surface area contributed by atoms with Gasteiger partial charge in [-0.25, -0.2) is 4.79 Å². The predicted octanol–water partition coefficient (Wildman–Crippen LogP) is 4.13. The van der Waals surface area contributed by atoms with Crippen LogP contribution in [0.15, 0.2) is 97.2 Å². The minimum atomic E-state index is -1.14. The van der Waals surface area contributed by atoms with Crippen LogP contribution in [0.3, 0.4) is 0 Å². The Balaban J connectivity index is 1.45. The maximum absolute atomic E-state index is 12.8. The Bertz CT molecular complexity index is 1330. The minimum absolute atomic E-state index is 0.0868. The number of nitrogens with one attached hydrogen (secondary N) is 1. The van der Waals surface area contributed by atoms with Crippen LogP contribution in [-0.2, 0) is 24.3 Å². The molecule has 8 nitrogen and oxygen atoms in total. The van der Waals surface area contributed by atoms with E-state index in [9.17, 15) is 24.9 Å². The van der Waals surface area contributed by atoms with Crippen molar-refractivity contribution in [1.82, 2.24) is 10.3 Å². The lowest BCUT2D eigenvalue weighted by Gasteiger charge is -2.25. The second-order valence-corrected chi connectivity index (χ2v) is 8.63. The van der Waals surface area contributed by atoms with Crippen molar-refractivity contribution in [3.63, 3.8) is 0 Å². The van der Waals surface area contributed by atoms with E-state index in [-0.39, 0.29) is 17.9 Å². The first kappa shape index (κ1) is 25.2. The molecule has 0 aliphatic rings. The molecule has 0 bridgehead atoms. The Morgan fingerprint density at radius 1 is 0.784 bits per heavy atom. The van der Waals surface area contributed by atoms with Gasteiger partial charge in [-0.3, -0.25) is 9.78 Å². The number of pyridine rings is 1. The van der Waals surface area contributed by atoms with E-state index in [2.05, 4.69) is 15.2 Å². The molecule has 1 amide bonds. The molecule has 4 N–H and O–H groups in total. The van der Waals surface area contributed by atoms with Gasteiger partial charge < -0.3 is 25.5 Å².